The van der Waals surface area contributed by atoms with E-state index in [4.69, 9.17) is 14.8 Å². The number of ether oxygens (including phenoxy) is 1. The predicted octanol–water partition coefficient (Wildman–Crippen LogP) is 16.4. The van der Waals surface area contributed by atoms with Gasteiger partial charge in [0.1, 0.15) is 5.82 Å². The van der Waals surface area contributed by atoms with E-state index >= 15 is 0 Å². The summed E-state index contributed by atoms with van der Waals surface area (Å²) < 4.78 is 12.9. The van der Waals surface area contributed by atoms with E-state index in [2.05, 4.69) is 254 Å². The molecule has 0 aliphatic heterocycles. The Morgan fingerprint density at radius 3 is 1.68 bits per heavy atom. The van der Waals surface area contributed by atoms with E-state index in [1.165, 1.54) is 16.7 Å². The molecule has 0 saturated carbocycles. The first-order valence-electron chi connectivity index (χ1n) is 25.2. The van der Waals surface area contributed by atoms with Gasteiger partial charge >= 0.3 is 0 Å². The maximum Gasteiger partial charge on any atom is 0.233 e. The Kier molecular flexibility index (Phi) is 13.2. The molecule has 0 aliphatic rings. The van der Waals surface area contributed by atoms with Gasteiger partial charge < -0.3 is 13.9 Å². The second kappa shape index (κ2) is 19.6. The number of benzene rings is 8. The summed E-state index contributed by atoms with van der Waals surface area (Å²) in [6, 6.07) is 73.4. The molecule has 0 saturated heterocycles. The van der Waals surface area contributed by atoms with E-state index in [1.807, 2.05) is 35.1 Å². The molecule has 3 aromatic heterocycles. The van der Waals surface area contributed by atoms with Gasteiger partial charge in [0.05, 0.1) is 0 Å². The molecule has 0 aliphatic carbocycles. The summed E-state index contributed by atoms with van der Waals surface area (Å²) in [5.74, 6) is 2.65. The largest absolute Gasteiger partial charge is 0.510 e. The first kappa shape index (κ1) is 49.9. The minimum Gasteiger partial charge on any atom is -0.510 e. The second-order valence-corrected chi connectivity index (χ2v) is 22.1. The molecule has 0 N–H and O–H groups in total. The first-order chi connectivity index (χ1) is 35.1. The summed E-state index contributed by atoms with van der Waals surface area (Å²) in [4.78, 5) is 4.95. The predicted molar refractivity (Wildman–Crippen MR) is 298 cm³/mol. The molecule has 370 valence electrons. The van der Waals surface area contributed by atoms with E-state index in [0.717, 1.165) is 78.1 Å². The van der Waals surface area contributed by atoms with Crippen LogP contribution in [0.3, 0.4) is 0 Å². The number of hydrogen-bond donors (Lipinski definition) is 0. The second-order valence-electron chi connectivity index (χ2n) is 22.1. The normalized spacial score (nSPS) is 12.0. The third-order valence-corrected chi connectivity index (χ3v) is 13.8. The maximum atomic E-state index is 6.77. The van der Waals surface area contributed by atoms with Crippen molar-refractivity contribution in [1.82, 2.24) is 19.3 Å². The fourth-order valence-electron chi connectivity index (χ4n) is 9.65. The van der Waals surface area contributed by atoms with Crippen LogP contribution >= 0.6 is 0 Å². The van der Waals surface area contributed by atoms with Crippen LogP contribution < -0.4 is 9.30 Å². The summed E-state index contributed by atoms with van der Waals surface area (Å²) in [6.07, 6.45) is 5.64. The molecule has 0 amide bonds. The van der Waals surface area contributed by atoms with Gasteiger partial charge in [0, 0.05) is 55.5 Å². The van der Waals surface area contributed by atoms with Gasteiger partial charge in [-0.15, -0.1) is 29.7 Å². The molecule has 3 heterocycles. The Balaban J connectivity index is 0.00000626. The van der Waals surface area contributed by atoms with E-state index in [1.54, 1.807) is 0 Å². The van der Waals surface area contributed by atoms with Crippen LogP contribution in [0.2, 0.25) is 0 Å². The summed E-state index contributed by atoms with van der Waals surface area (Å²) in [5, 5.41) is 7.68. The van der Waals surface area contributed by atoms with E-state index in [0.29, 0.717) is 17.2 Å². The Morgan fingerprint density at radius 1 is 0.486 bits per heavy atom. The van der Waals surface area contributed by atoms with Crippen molar-refractivity contribution in [3.63, 3.8) is 0 Å². The quantitative estimate of drug-likeness (QED) is 0.107. The van der Waals surface area contributed by atoms with Crippen LogP contribution in [0.15, 0.2) is 194 Å². The molecule has 11 aromatic rings. The van der Waals surface area contributed by atoms with Crippen LogP contribution in [-0.4, -0.2) is 19.3 Å². The maximum absolute atomic E-state index is 6.77. The first-order valence-corrected chi connectivity index (χ1v) is 25.2. The van der Waals surface area contributed by atoms with Gasteiger partial charge in [0.25, 0.3) is 0 Å². The number of fused-ring (bicyclic) bond motifs is 3. The van der Waals surface area contributed by atoms with Gasteiger partial charge in [-0.3, -0.25) is 0 Å². The molecule has 7 heteroatoms. The van der Waals surface area contributed by atoms with Crippen molar-refractivity contribution in [3.8, 4) is 73.5 Å². The van der Waals surface area contributed by atoms with Gasteiger partial charge in [0.2, 0.25) is 12.2 Å². The van der Waals surface area contributed by atoms with Gasteiger partial charge in [-0.2, -0.15) is 22.9 Å². The SMILES string of the molecule is CC(C)(C)c1cc(-[n+]2[c-]n(-c3[c-]c(Oc4[c-]c5c(cc4)c4cc(-c6ccccc6)ccc4n5-c4cc(C(C)(C)C)ccn4)ccc3)nc2-c2c(-c3ccccc3)cccc2-c2ccccc2)cc(C(C)(C)C)c1.[Pt]. The molecule has 11 rings (SSSR count). The van der Waals surface area contributed by atoms with Crippen molar-refractivity contribution in [1.29, 1.82) is 0 Å². The molecule has 0 bridgehead atoms. The molecule has 0 radical (unpaired) electrons. The van der Waals surface area contributed by atoms with Crippen LogP contribution in [0.25, 0.3) is 83.8 Å². The number of rotatable bonds is 9. The Hall–Kier alpha value is -7.66. The van der Waals surface area contributed by atoms with Crippen LogP contribution in [0.1, 0.15) is 79.0 Å². The summed E-state index contributed by atoms with van der Waals surface area (Å²) >= 11 is 0. The minimum atomic E-state index is -0.115. The fraction of sp³-hybridized carbons (Fsp3) is 0.179. The zero-order valence-corrected chi connectivity index (χ0v) is 45.7. The summed E-state index contributed by atoms with van der Waals surface area (Å²) in [7, 11) is 0. The Morgan fingerprint density at radius 2 is 1.07 bits per heavy atom. The molecule has 0 fully saturated rings. The molecule has 6 nitrogen and oxygen atoms in total. The fourth-order valence-corrected chi connectivity index (χ4v) is 9.65. The van der Waals surface area contributed by atoms with E-state index in [-0.39, 0.29) is 37.3 Å². The van der Waals surface area contributed by atoms with Crippen molar-refractivity contribution >= 4 is 21.8 Å². The third-order valence-electron chi connectivity index (χ3n) is 13.8. The number of aromatic nitrogens is 5. The number of nitrogens with zero attached hydrogens (tertiary/aromatic N) is 5. The summed E-state index contributed by atoms with van der Waals surface area (Å²) in [5.41, 5.74) is 14.6. The number of pyridine rings is 1. The molecule has 74 heavy (non-hydrogen) atoms. The third kappa shape index (κ3) is 9.79. The minimum absolute atomic E-state index is 0. The molecule has 8 aromatic carbocycles. The van der Waals surface area contributed by atoms with Crippen molar-refractivity contribution in [2.75, 3.05) is 0 Å². The molecule has 0 atom stereocenters. The van der Waals surface area contributed by atoms with Crippen LogP contribution in [-0.2, 0) is 37.3 Å². The zero-order chi connectivity index (χ0) is 50.6. The van der Waals surface area contributed by atoms with Crippen molar-refractivity contribution in [3.05, 3.63) is 229 Å². The van der Waals surface area contributed by atoms with Gasteiger partial charge in [-0.1, -0.05) is 207 Å². The van der Waals surface area contributed by atoms with Gasteiger partial charge in [-0.25, -0.2) is 4.98 Å². The van der Waals surface area contributed by atoms with Gasteiger partial charge in [0.15, 0.2) is 0 Å². The smallest absolute Gasteiger partial charge is 0.233 e. The average Bonchev–Trinajstić information content (AvgIpc) is 3.98. The van der Waals surface area contributed by atoms with Crippen LogP contribution in [0.5, 0.6) is 11.5 Å². The zero-order valence-electron chi connectivity index (χ0n) is 43.4. The molecule has 0 spiro atoms. The topological polar surface area (TPSA) is 48.8 Å². The molecule has 0 unspecified atom stereocenters. The standard InChI is InChI=1S/C67H59N5O.Pt/c1-65(2,3)49-35-36-68-62(41-49)72-60-34-31-48(45-21-13-10-14-22-45)37-59(60)58-33-32-55(43-61(58)72)73-54-28-19-27-52(42-54)71-44-70(53-39-50(66(4,5)6)38-51(40-53)67(7,8)9)64(69-71)63-56(46-23-15-11-16-24-46)29-20-30-57(63)47-25-17-12-18-26-47;/h10-41H,1-9H3;/q-2;. The number of hydrogen-bond acceptors (Lipinski definition) is 3. The van der Waals surface area contributed by atoms with Gasteiger partial charge in [-0.05, 0) is 101 Å². The Labute approximate surface area is 450 Å². The average molecular weight is 1150 g/mol. The molecular weight excluding hydrogens is 1090 g/mol. The van der Waals surface area contributed by atoms with Crippen LogP contribution in [0.4, 0.5) is 0 Å². The Bertz CT molecular complexity index is 3730. The van der Waals surface area contributed by atoms with Crippen molar-refractivity contribution in [2.24, 2.45) is 0 Å². The monoisotopic (exact) mass is 1140 g/mol. The van der Waals surface area contributed by atoms with Crippen LogP contribution in [0, 0.1) is 18.5 Å². The summed E-state index contributed by atoms with van der Waals surface area (Å²) in [6.45, 7) is 20.3. The van der Waals surface area contributed by atoms with Crippen molar-refractivity contribution < 1.29 is 30.4 Å². The van der Waals surface area contributed by atoms with Crippen molar-refractivity contribution in [2.45, 2.75) is 78.6 Å². The van der Waals surface area contributed by atoms with E-state index in [9.17, 15) is 0 Å². The molecular formula is C67H59N5OPt-2. The van der Waals surface area contributed by atoms with E-state index < -0.39 is 0 Å².